The van der Waals surface area contributed by atoms with Crippen LogP contribution in [0.4, 0.5) is 0 Å². The summed E-state index contributed by atoms with van der Waals surface area (Å²) in [6.07, 6.45) is 0. The van der Waals surface area contributed by atoms with E-state index in [9.17, 15) is 12.7 Å². The molecule has 0 aliphatic carbocycles. The molecule has 0 fully saturated rings. The molecule has 1 aromatic carbocycles. The molecule has 0 aliphatic rings. The highest BCUT2D eigenvalue weighted by Gasteiger charge is 2.19. The largest absolute Gasteiger partial charge is 0.478 e. The molecular formula is C8H4BrIO5. The van der Waals surface area contributed by atoms with Crippen LogP contribution in [0.15, 0.2) is 16.6 Å². The zero-order chi connectivity index (χ0) is 11.6. The van der Waals surface area contributed by atoms with E-state index >= 15 is 0 Å². The first-order valence-electron chi connectivity index (χ1n) is 3.54. The lowest BCUT2D eigenvalue weighted by atomic mass is 10.1. The fourth-order valence-electron chi connectivity index (χ4n) is 0.984. The van der Waals surface area contributed by atoms with Gasteiger partial charge in [-0.2, -0.15) is 0 Å². The number of rotatable bonds is 3. The SMILES string of the molecule is O=Ic1c(C(=O)O)cc(Br)cc1C(=O)O. The second kappa shape index (κ2) is 4.79. The number of carbonyl (C=O) groups is 2. The molecule has 0 aromatic heterocycles. The molecule has 0 saturated carbocycles. The van der Waals surface area contributed by atoms with Crippen molar-refractivity contribution < 1.29 is 22.9 Å². The van der Waals surface area contributed by atoms with Crippen LogP contribution in [-0.4, -0.2) is 22.2 Å². The van der Waals surface area contributed by atoms with Gasteiger partial charge in [-0.3, -0.25) is 3.07 Å². The van der Waals surface area contributed by atoms with Gasteiger partial charge in [-0.05, 0) is 12.1 Å². The number of carboxylic acids is 2. The predicted molar refractivity (Wildman–Crippen MR) is 61.5 cm³/mol. The summed E-state index contributed by atoms with van der Waals surface area (Å²) in [6.45, 7) is 0. The van der Waals surface area contributed by atoms with Crippen molar-refractivity contribution in [2.24, 2.45) is 0 Å². The third kappa shape index (κ3) is 2.59. The topological polar surface area (TPSA) is 91.7 Å². The van der Waals surface area contributed by atoms with Gasteiger partial charge in [0.15, 0.2) is 21.2 Å². The van der Waals surface area contributed by atoms with Gasteiger partial charge in [0, 0.05) is 4.47 Å². The Labute approximate surface area is 103 Å². The molecule has 0 unspecified atom stereocenters. The van der Waals surface area contributed by atoms with E-state index < -0.39 is 33.1 Å². The first-order valence-corrected chi connectivity index (χ1v) is 6.29. The van der Waals surface area contributed by atoms with Crippen LogP contribution in [0.2, 0.25) is 0 Å². The van der Waals surface area contributed by atoms with Crippen LogP contribution in [0.1, 0.15) is 20.7 Å². The quantitative estimate of drug-likeness (QED) is 0.778. The fraction of sp³-hybridized carbons (Fsp3) is 0. The maximum atomic E-state index is 10.9. The maximum Gasteiger partial charge on any atom is 0.336 e. The molecule has 0 saturated heterocycles. The van der Waals surface area contributed by atoms with E-state index in [0.717, 1.165) is 0 Å². The van der Waals surface area contributed by atoms with Crippen molar-refractivity contribution in [1.29, 1.82) is 0 Å². The van der Waals surface area contributed by atoms with Crippen molar-refractivity contribution in [3.63, 3.8) is 0 Å². The van der Waals surface area contributed by atoms with Crippen molar-refractivity contribution in [1.82, 2.24) is 0 Å². The van der Waals surface area contributed by atoms with Crippen LogP contribution in [0.5, 0.6) is 0 Å². The van der Waals surface area contributed by atoms with Gasteiger partial charge in [0.2, 0.25) is 0 Å². The normalized spacial score (nSPS) is 9.93. The third-order valence-electron chi connectivity index (χ3n) is 1.58. The molecule has 0 bridgehead atoms. The third-order valence-corrected chi connectivity index (χ3v) is 3.64. The average Bonchev–Trinajstić information content (AvgIpc) is 2.16. The van der Waals surface area contributed by atoms with Crippen LogP contribution in [0.3, 0.4) is 0 Å². The maximum absolute atomic E-state index is 10.9. The predicted octanol–water partition coefficient (Wildman–Crippen LogP) is 2.33. The van der Waals surface area contributed by atoms with Gasteiger partial charge in [0.25, 0.3) is 0 Å². The highest BCUT2D eigenvalue weighted by atomic mass is 127. The zero-order valence-corrected chi connectivity index (χ0v) is 10.8. The number of aromatic carboxylic acids is 2. The standard InChI is InChI=1S/C8H4BrIO5/c9-3-1-4(7(11)12)6(10-15)5(2-3)8(13)14/h1-2H,(H,11,12)(H,13,14). The van der Waals surface area contributed by atoms with E-state index in [0.29, 0.717) is 4.47 Å². The summed E-state index contributed by atoms with van der Waals surface area (Å²) in [5, 5.41) is 17.6. The van der Waals surface area contributed by atoms with Crippen molar-refractivity contribution in [3.05, 3.63) is 31.3 Å². The minimum absolute atomic E-state index is 0.1000. The van der Waals surface area contributed by atoms with Gasteiger partial charge in [-0.1, -0.05) is 15.9 Å². The van der Waals surface area contributed by atoms with Gasteiger partial charge in [-0.25, -0.2) is 9.59 Å². The molecule has 80 valence electrons. The van der Waals surface area contributed by atoms with Crippen molar-refractivity contribution >= 4 is 49.1 Å². The van der Waals surface area contributed by atoms with E-state index in [2.05, 4.69) is 15.9 Å². The van der Waals surface area contributed by atoms with E-state index in [4.69, 9.17) is 10.2 Å². The summed E-state index contributed by atoms with van der Waals surface area (Å²) >= 11 is 1.15. The molecule has 0 radical (unpaired) electrons. The number of hydrogen-bond donors (Lipinski definition) is 2. The van der Waals surface area contributed by atoms with Crippen LogP contribution >= 0.6 is 37.1 Å². The summed E-state index contributed by atoms with van der Waals surface area (Å²) in [4.78, 5) is 21.5. The minimum Gasteiger partial charge on any atom is -0.478 e. The highest BCUT2D eigenvalue weighted by Crippen LogP contribution is 2.25. The highest BCUT2D eigenvalue weighted by molar-refractivity contribution is 14.1. The molecular weight excluding hydrogens is 383 g/mol. The fourth-order valence-corrected chi connectivity index (χ4v) is 2.69. The molecule has 1 aromatic rings. The van der Waals surface area contributed by atoms with E-state index in [-0.39, 0.29) is 14.7 Å². The number of halogens is 2. The van der Waals surface area contributed by atoms with Crippen molar-refractivity contribution in [2.45, 2.75) is 0 Å². The second-order valence-corrected chi connectivity index (χ2v) is 4.94. The summed E-state index contributed by atoms with van der Waals surface area (Å²) in [7, 11) is 0. The van der Waals surface area contributed by atoms with E-state index in [1.165, 1.54) is 12.1 Å². The van der Waals surface area contributed by atoms with Crippen molar-refractivity contribution in [3.8, 4) is 0 Å². The second-order valence-electron chi connectivity index (χ2n) is 2.50. The Morgan fingerprint density at radius 3 is 1.80 bits per heavy atom. The lowest BCUT2D eigenvalue weighted by molar-refractivity contribution is 0.0695. The Morgan fingerprint density at radius 1 is 1.13 bits per heavy atom. The Bertz CT molecular complexity index is 421. The molecule has 0 aliphatic heterocycles. The molecule has 0 amide bonds. The molecule has 0 atom stereocenters. The van der Waals surface area contributed by atoms with Crippen LogP contribution < -0.4 is 0 Å². The van der Waals surface area contributed by atoms with Crippen molar-refractivity contribution in [2.75, 3.05) is 0 Å². The van der Waals surface area contributed by atoms with Crippen LogP contribution in [0.25, 0.3) is 0 Å². The summed E-state index contributed by atoms with van der Waals surface area (Å²) in [5.74, 6) is -2.58. The molecule has 0 spiro atoms. The molecule has 2 N–H and O–H groups in total. The van der Waals surface area contributed by atoms with Crippen LogP contribution in [-0.2, 0) is 3.07 Å². The number of hydrogen-bond acceptors (Lipinski definition) is 3. The lowest BCUT2D eigenvalue weighted by Crippen LogP contribution is -2.07. The molecule has 7 heteroatoms. The summed E-state index contributed by atoms with van der Waals surface area (Å²) in [6, 6.07) is 2.48. The smallest absolute Gasteiger partial charge is 0.336 e. The first-order chi connectivity index (χ1) is 6.97. The Balaban J connectivity index is 3.59. The van der Waals surface area contributed by atoms with Gasteiger partial charge in [0.1, 0.15) is 0 Å². The Kier molecular flexibility index (Phi) is 3.91. The number of benzene rings is 1. The van der Waals surface area contributed by atoms with E-state index in [1.54, 1.807) is 0 Å². The lowest BCUT2D eigenvalue weighted by Gasteiger charge is -2.03. The van der Waals surface area contributed by atoms with Gasteiger partial charge < -0.3 is 10.2 Å². The summed E-state index contributed by atoms with van der Waals surface area (Å²) < 4.78 is 11.1. The minimum atomic E-state index is -1.85. The monoisotopic (exact) mass is 386 g/mol. The molecule has 0 heterocycles. The van der Waals surface area contributed by atoms with Crippen LogP contribution in [0, 0.1) is 3.57 Å². The van der Waals surface area contributed by atoms with Gasteiger partial charge in [-0.15, -0.1) is 0 Å². The molecule has 1 rings (SSSR count). The number of carboxylic acid groups (broad SMARTS) is 2. The average molecular weight is 387 g/mol. The van der Waals surface area contributed by atoms with Gasteiger partial charge >= 0.3 is 11.9 Å². The zero-order valence-electron chi connectivity index (χ0n) is 7.03. The Hall–Kier alpha value is -0.830. The molecule has 5 nitrogen and oxygen atoms in total. The van der Waals surface area contributed by atoms with Gasteiger partial charge in [0.05, 0.1) is 14.7 Å². The summed E-state index contributed by atoms with van der Waals surface area (Å²) in [5.41, 5.74) is -0.464. The molecule has 15 heavy (non-hydrogen) atoms. The van der Waals surface area contributed by atoms with E-state index in [1.807, 2.05) is 0 Å². The first kappa shape index (κ1) is 12.2. The Morgan fingerprint density at radius 2 is 1.53 bits per heavy atom.